The molecule has 5 nitrogen and oxygen atoms in total. The summed E-state index contributed by atoms with van der Waals surface area (Å²) in [5.74, 6) is -0.960. The Kier molecular flexibility index (Phi) is 5.69. The number of hydrogen-bond acceptors (Lipinski definition) is 4. The largest absolute Gasteiger partial charge is 0.467 e. The Balaban J connectivity index is 2.74. The number of carbonyl (C=O) groups excluding carboxylic acids is 2. The molecule has 0 aliphatic heterocycles. The molecule has 1 atom stereocenters. The van der Waals surface area contributed by atoms with Gasteiger partial charge in [0.05, 0.1) is 7.11 Å². The summed E-state index contributed by atoms with van der Waals surface area (Å²) in [6.45, 7) is 5.17. The van der Waals surface area contributed by atoms with Gasteiger partial charge in [0.15, 0.2) is 0 Å². The maximum atomic E-state index is 12.9. The molecule has 0 fully saturated rings. The lowest BCUT2D eigenvalue weighted by molar-refractivity contribution is -0.143. The number of ether oxygens (including phenoxy) is 2. The van der Waals surface area contributed by atoms with Gasteiger partial charge >= 0.3 is 12.1 Å². The second-order valence-corrected chi connectivity index (χ2v) is 5.55. The number of halogens is 1. The van der Waals surface area contributed by atoms with Gasteiger partial charge in [-0.1, -0.05) is 12.1 Å². The van der Waals surface area contributed by atoms with E-state index in [1.165, 1.54) is 19.2 Å². The van der Waals surface area contributed by atoms with Gasteiger partial charge in [-0.05, 0) is 38.5 Å². The Hall–Kier alpha value is -2.11. The Morgan fingerprint density at radius 2 is 1.81 bits per heavy atom. The van der Waals surface area contributed by atoms with E-state index < -0.39 is 23.7 Å². The first kappa shape index (κ1) is 16.9. The van der Waals surface area contributed by atoms with Gasteiger partial charge < -0.3 is 14.8 Å². The normalized spacial score (nSPS) is 12.4. The summed E-state index contributed by atoms with van der Waals surface area (Å²) < 4.78 is 22.6. The standard InChI is InChI=1S/C15H20FNO4/c1-15(2,3)21-14(19)17-12(13(18)20-4)9-10-5-7-11(16)8-6-10/h5-8,12H,9H2,1-4H3,(H,17,19)/t12-/m0/s1. The summed E-state index contributed by atoms with van der Waals surface area (Å²) >= 11 is 0. The number of amides is 1. The van der Waals surface area contributed by atoms with Crippen molar-refractivity contribution in [2.24, 2.45) is 0 Å². The Morgan fingerprint density at radius 3 is 2.29 bits per heavy atom. The van der Waals surface area contributed by atoms with Crippen LogP contribution in [0.15, 0.2) is 24.3 Å². The molecule has 0 aliphatic carbocycles. The highest BCUT2D eigenvalue weighted by molar-refractivity contribution is 5.81. The minimum atomic E-state index is -0.893. The van der Waals surface area contributed by atoms with Crippen LogP contribution in [0.2, 0.25) is 0 Å². The van der Waals surface area contributed by atoms with Crippen molar-refractivity contribution >= 4 is 12.1 Å². The lowest BCUT2D eigenvalue weighted by Gasteiger charge is -2.22. The second-order valence-electron chi connectivity index (χ2n) is 5.55. The number of benzene rings is 1. The summed E-state index contributed by atoms with van der Waals surface area (Å²) in [5.41, 5.74) is 0.0310. The van der Waals surface area contributed by atoms with Crippen molar-refractivity contribution in [3.05, 3.63) is 35.6 Å². The van der Waals surface area contributed by atoms with Crippen molar-refractivity contribution < 1.29 is 23.5 Å². The van der Waals surface area contributed by atoms with Crippen molar-refractivity contribution in [2.75, 3.05) is 7.11 Å². The van der Waals surface area contributed by atoms with Crippen LogP contribution in [0, 0.1) is 5.82 Å². The quantitative estimate of drug-likeness (QED) is 0.867. The van der Waals surface area contributed by atoms with Crippen LogP contribution in [-0.4, -0.2) is 30.8 Å². The van der Waals surface area contributed by atoms with E-state index in [9.17, 15) is 14.0 Å². The van der Waals surface area contributed by atoms with Crippen molar-refractivity contribution in [3.63, 3.8) is 0 Å². The molecule has 0 saturated carbocycles. The van der Waals surface area contributed by atoms with Gasteiger partial charge in [0.25, 0.3) is 0 Å². The molecule has 0 aliphatic rings. The number of rotatable bonds is 4. The smallest absolute Gasteiger partial charge is 0.408 e. The number of alkyl carbamates (subject to hydrolysis) is 1. The third kappa shape index (κ3) is 6.25. The molecule has 21 heavy (non-hydrogen) atoms. The average molecular weight is 297 g/mol. The van der Waals surface area contributed by atoms with Gasteiger partial charge in [-0.15, -0.1) is 0 Å². The summed E-state index contributed by atoms with van der Waals surface area (Å²) in [4.78, 5) is 23.5. The zero-order valence-electron chi connectivity index (χ0n) is 12.6. The monoisotopic (exact) mass is 297 g/mol. The highest BCUT2D eigenvalue weighted by atomic mass is 19.1. The number of carbonyl (C=O) groups is 2. The van der Waals surface area contributed by atoms with Gasteiger partial charge in [0.1, 0.15) is 17.5 Å². The van der Waals surface area contributed by atoms with E-state index in [2.05, 4.69) is 10.1 Å². The first-order valence-electron chi connectivity index (χ1n) is 6.53. The number of nitrogens with one attached hydrogen (secondary N) is 1. The van der Waals surface area contributed by atoms with E-state index in [-0.39, 0.29) is 12.2 Å². The fourth-order valence-electron chi connectivity index (χ4n) is 1.64. The van der Waals surface area contributed by atoms with Crippen molar-refractivity contribution in [2.45, 2.75) is 38.8 Å². The first-order chi connectivity index (χ1) is 9.71. The predicted octanol–water partition coefficient (Wildman–Crippen LogP) is 2.43. The minimum Gasteiger partial charge on any atom is -0.467 e. The van der Waals surface area contributed by atoms with Crippen LogP contribution < -0.4 is 5.32 Å². The number of esters is 1. The first-order valence-corrected chi connectivity index (χ1v) is 6.53. The zero-order valence-corrected chi connectivity index (χ0v) is 12.6. The molecule has 0 radical (unpaired) electrons. The Labute approximate surface area is 123 Å². The fraction of sp³-hybridized carbons (Fsp3) is 0.467. The molecule has 1 N–H and O–H groups in total. The van der Waals surface area contributed by atoms with E-state index in [4.69, 9.17) is 4.74 Å². The molecule has 6 heteroatoms. The van der Waals surface area contributed by atoms with Crippen LogP contribution in [0.1, 0.15) is 26.3 Å². The van der Waals surface area contributed by atoms with Gasteiger partial charge in [-0.2, -0.15) is 0 Å². The Bertz CT molecular complexity index is 493. The van der Waals surface area contributed by atoms with Crippen LogP contribution >= 0.6 is 0 Å². The van der Waals surface area contributed by atoms with Crippen molar-refractivity contribution in [1.29, 1.82) is 0 Å². The average Bonchev–Trinajstić information content (AvgIpc) is 2.37. The minimum absolute atomic E-state index is 0.187. The van der Waals surface area contributed by atoms with Gasteiger partial charge in [0, 0.05) is 6.42 Å². The molecule has 1 rings (SSSR count). The number of hydrogen-bond donors (Lipinski definition) is 1. The summed E-state index contributed by atoms with van der Waals surface area (Å²) in [6.07, 6.45) is -0.522. The molecular formula is C15H20FNO4. The summed E-state index contributed by atoms with van der Waals surface area (Å²) in [6, 6.07) is 4.77. The fourth-order valence-corrected chi connectivity index (χ4v) is 1.64. The maximum absolute atomic E-state index is 12.9. The van der Waals surface area contributed by atoms with Crippen LogP contribution in [0.3, 0.4) is 0 Å². The molecule has 0 unspecified atom stereocenters. The highest BCUT2D eigenvalue weighted by Gasteiger charge is 2.25. The molecule has 0 saturated heterocycles. The SMILES string of the molecule is COC(=O)[C@H](Cc1ccc(F)cc1)NC(=O)OC(C)(C)C. The summed E-state index contributed by atoms with van der Waals surface area (Å²) in [5, 5.41) is 2.46. The Morgan fingerprint density at radius 1 is 1.24 bits per heavy atom. The topological polar surface area (TPSA) is 64.6 Å². The van der Waals surface area contributed by atoms with Crippen LogP contribution in [0.25, 0.3) is 0 Å². The van der Waals surface area contributed by atoms with E-state index >= 15 is 0 Å². The lowest BCUT2D eigenvalue weighted by atomic mass is 10.1. The van der Waals surface area contributed by atoms with Crippen LogP contribution in [-0.2, 0) is 20.7 Å². The molecule has 0 spiro atoms. The molecule has 0 bridgehead atoms. The van der Waals surface area contributed by atoms with Crippen LogP contribution in [0.5, 0.6) is 0 Å². The maximum Gasteiger partial charge on any atom is 0.408 e. The second kappa shape index (κ2) is 7.06. The zero-order chi connectivity index (χ0) is 16.0. The van der Waals surface area contributed by atoms with E-state index in [0.29, 0.717) is 5.56 Å². The van der Waals surface area contributed by atoms with E-state index in [0.717, 1.165) is 0 Å². The lowest BCUT2D eigenvalue weighted by Crippen LogP contribution is -2.45. The predicted molar refractivity (Wildman–Crippen MR) is 75.3 cm³/mol. The molecule has 1 amide bonds. The molecule has 1 aromatic carbocycles. The van der Waals surface area contributed by atoms with Crippen molar-refractivity contribution in [3.8, 4) is 0 Å². The number of methoxy groups -OCH3 is 1. The highest BCUT2D eigenvalue weighted by Crippen LogP contribution is 2.10. The van der Waals surface area contributed by atoms with Gasteiger partial charge in [0.2, 0.25) is 0 Å². The van der Waals surface area contributed by atoms with E-state index in [1.54, 1.807) is 32.9 Å². The molecule has 0 heterocycles. The molecule has 0 aromatic heterocycles. The van der Waals surface area contributed by atoms with Gasteiger partial charge in [-0.25, -0.2) is 14.0 Å². The van der Waals surface area contributed by atoms with Crippen molar-refractivity contribution in [1.82, 2.24) is 5.32 Å². The van der Waals surface area contributed by atoms with Gasteiger partial charge in [-0.3, -0.25) is 0 Å². The third-order valence-corrected chi connectivity index (χ3v) is 2.53. The third-order valence-electron chi connectivity index (χ3n) is 2.53. The molecule has 1 aromatic rings. The summed E-state index contributed by atoms with van der Waals surface area (Å²) in [7, 11) is 1.23. The molecular weight excluding hydrogens is 277 g/mol. The molecule has 116 valence electrons. The van der Waals surface area contributed by atoms with E-state index in [1.807, 2.05) is 0 Å². The van der Waals surface area contributed by atoms with Crippen LogP contribution in [0.4, 0.5) is 9.18 Å².